The topological polar surface area (TPSA) is 59.1 Å². The van der Waals surface area contributed by atoms with Gasteiger partial charge in [0, 0.05) is 36.7 Å². The van der Waals surface area contributed by atoms with E-state index in [9.17, 15) is 9.59 Å². The number of carbonyl (C=O) groups excluding carboxylic acids is 2. The fraction of sp³-hybridized carbons (Fsp3) is 0.438. The first-order chi connectivity index (χ1) is 18.5. The van der Waals surface area contributed by atoms with E-state index in [1.165, 1.54) is 0 Å². The third-order valence-corrected chi connectivity index (χ3v) is 6.99. The lowest BCUT2D eigenvalue weighted by Crippen LogP contribution is -2.42. The van der Waals surface area contributed by atoms with Crippen LogP contribution in [0.1, 0.15) is 51.2 Å². The van der Waals surface area contributed by atoms with Gasteiger partial charge in [-0.1, -0.05) is 45.0 Å². The molecule has 202 valence electrons. The Balaban J connectivity index is 1.56. The Hall–Kier alpha value is -3.38. The Labute approximate surface area is 226 Å². The van der Waals surface area contributed by atoms with Gasteiger partial charge in [-0.3, -0.25) is 9.59 Å². The molecule has 1 amide bonds. The number of amides is 1. The number of rotatable bonds is 12. The minimum atomic E-state index is -0.0161. The van der Waals surface area contributed by atoms with Crippen LogP contribution >= 0.6 is 0 Å². The third-order valence-electron chi connectivity index (χ3n) is 6.99. The lowest BCUT2D eigenvalue weighted by molar-refractivity contribution is -0.132. The summed E-state index contributed by atoms with van der Waals surface area (Å²) in [5, 5.41) is 0. The lowest BCUT2D eigenvalue weighted by Gasteiger charge is -2.30. The predicted octanol–water partition coefficient (Wildman–Crippen LogP) is 5.48. The highest BCUT2D eigenvalue weighted by Gasteiger charge is 2.37. The fourth-order valence-electron chi connectivity index (χ4n) is 4.63. The molecule has 2 fully saturated rings. The maximum atomic E-state index is 13.6. The van der Waals surface area contributed by atoms with Gasteiger partial charge in [0.2, 0.25) is 5.91 Å². The number of ether oxygens (including phenoxy) is 2. The Bertz CT molecular complexity index is 1180. The van der Waals surface area contributed by atoms with Crippen LogP contribution in [0.15, 0.2) is 59.7 Å². The monoisotopic (exact) mass is 516 g/mol. The van der Waals surface area contributed by atoms with Crippen molar-refractivity contribution < 1.29 is 19.1 Å². The summed E-state index contributed by atoms with van der Waals surface area (Å²) in [6.07, 6.45) is 6.60. The van der Waals surface area contributed by atoms with Gasteiger partial charge < -0.3 is 19.3 Å². The van der Waals surface area contributed by atoms with Gasteiger partial charge in [-0.25, -0.2) is 0 Å². The number of carbonyl (C=O) groups is 2. The zero-order valence-electron chi connectivity index (χ0n) is 22.9. The zero-order chi connectivity index (χ0) is 26.9. The van der Waals surface area contributed by atoms with E-state index in [1.54, 1.807) is 0 Å². The van der Waals surface area contributed by atoms with Crippen LogP contribution in [-0.2, 0) is 9.59 Å². The van der Waals surface area contributed by atoms with Gasteiger partial charge in [0.25, 0.3) is 0 Å². The zero-order valence-corrected chi connectivity index (χ0v) is 22.9. The summed E-state index contributed by atoms with van der Waals surface area (Å²) in [5.74, 6) is 1.78. The van der Waals surface area contributed by atoms with Crippen LogP contribution < -0.4 is 9.47 Å². The standard InChI is InChI=1S/C32H40N2O4/c1-4-16-37-29-11-7-9-24(20-29)18-27-22-34(32(36)26-13-14-26)23-28(31(27)35)19-25-10-8-12-30(21-25)38-17-15-33(5-2)6-3/h7-12,18-21,26H,4-6,13-17,22-23H2,1-3H3/b27-18+,28-19+. The second-order valence-corrected chi connectivity index (χ2v) is 10.0. The van der Waals surface area contributed by atoms with E-state index in [4.69, 9.17) is 9.47 Å². The van der Waals surface area contributed by atoms with Gasteiger partial charge in [0.15, 0.2) is 5.78 Å². The molecule has 0 N–H and O–H groups in total. The summed E-state index contributed by atoms with van der Waals surface area (Å²) in [6.45, 7) is 11.1. The normalized spacial score (nSPS) is 17.9. The molecule has 0 radical (unpaired) electrons. The molecular weight excluding hydrogens is 476 g/mol. The second kappa shape index (κ2) is 13.4. The molecule has 1 saturated heterocycles. The molecule has 0 bridgehead atoms. The maximum absolute atomic E-state index is 13.6. The van der Waals surface area contributed by atoms with E-state index >= 15 is 0 Å². The van der Waals surface area contributed by atoms with Gasteiger partial charge in [0.05, 0.1) is 6.61 Å². The van der Waals surface area contributed by atoms with Crippen LogP contribution in [0.25, 0.3) is 12.2 Å². The average molecular weight is 517 g/mol. The van der Waals surface area contributed by atoms with Gasteiger partial charge in [-0.15, -0.1) is 0 Å². The van der Waals surface area contributed by atoms with Gasteiger partial charge in [0.1, 0.15) is 18.1 Å². The van der Waals surface area contributed by atoms with Crippen molar-refractivity contribution in [3.8, 4) is 11.5 Å². The number of likely N-dealkylation sites (tertiary alicyclic amines) is 1. The van der Waals surface area contributed by atoms with Crippen molar-refractivity contribution in [3.63, 3.8) is 0 Å². The number of likely N-dealkylation sites (N-methyl/N-ethyl adjacent to an activating group) is 1. The highest BCUT2D eigenvalue weighted by Crippen LogP contribution is 2.33. The molecule has 0 atom stereocenters. The number of hydrogen-bond donors (Lipinski definition) is 0. The number of hydrogen-bond acceptors (Lipinski definition) is 5. The summed E-state index contributed by atoms with van der Waals surface area (Å²) < 4.78 is 11.8. The maximum Gasteiger partial charge on any atom is 0.226 e. The smallest absolute Gasteiger partial charge is 0.226 e. The van der Waals surface area contributed by atoms with Crippen molar-refractivity contribution in [2.75, 3.05) is 45.9 Å². The van der Waals surface area contributed by atoms with Crippen LogP contribution in [0, 0.1) is 5.92 Å². The number of benzene rings is 2. The first-order valence-electron chi connectivity index (χ1n) is 13.9. The van der Waals surface area contributed by atoms with Gasteiger partial charge >= 0.3 is 0 Å². The van der Waals surface area contributed by atoms with E-state index in [2.05, 4.69) is 25.7 Å². The molecule has 0 aromatic heterocycles. The summed E-state index contributed by atoms with van der Waals surface area (Å²) in [5.41, 5.74) is 3.03. The number of piperidine rings is 1. The predicted molar refractivity (Wildman–Crippen MR) is 152 cm³/mol. The second-order valence-electron chi connectivity index (χ2n) is 10.0. The highest BCUT2D eigenvalue weighted by atomic mass is 16.5. The molecule has 1 saturated carbocycles. The quantitative estimate of drug-likeness (QED) is 0.350. The Morgan fingerprint density at radius 2 is 1.45 bits per heavy atom. The molecule has 1 aliphatic heterocycles. The molecule has 4 rings (SSSR count). The van der Waals surface area contributed by atoms with Crippen LogP contribution in [0.2, 0.25) is 0 Å². The first kappa shape index (κ1) is 27.6. The van der Waals surface area contributed by atoms with Crippen LogP contribution in [-0.4, -0.2) is 67.4 Å². The molecule has 1 aliphatic carbocycles. The summed E-state index contributed by atoms with van der Waals surface area (Å²) in [4.78, 5) is 30.8. The Morgan fingerprint density at radius 1 is 0.895 bits per heavy atom. The van der Waals surface area contributed by atoms with Crippen molar-refractivity contribution in [1.82, 2.24) is 9.80 Å². The SMILES string of the molecule is CCCOc1cccc(/C=C2\CN(C(=O)C3CC3)C/C(=C\c3cccc(OCCN(CC)CC)c3)C2=O)c1. The minimum absolute atomic E-state index is 0.0161. The van der Waals surface area contributed by atoms with Crippen LogP contribution in [0.3, 0.4) is 0 Å². The summed E-state index contributed by atoms with van der Waals surface area (Å²) >= 11 is 0. The molecule has 6 heteroatoms. The first-order valence-corrected chi connectivity index (χ1v) is 13.9. The highest BCUT2D eigenvalue weighted by molar-refractivity contribution is 6.15. The third kappa shape index (κ3) is 7.57. The molecule has 38 heavy (non-hydrogen) atoms. The Morgan fingerprint density at radius 3 is 1.95 bits per heavy atom. The van der Waals surface area contributed by atoms with Crippen molar-refractivity contribution >= 4 is 23.8 Å². The van der Waals surface area contributed by atoms with Crippen molar-refractivity contribution in [3.05, 3.63) is 70.8 Å². The minimum Gasteiger partial charge on any atom is -0.494 e. The van der Waals surface area contributed by atoms with E-state index in [1.807, 2.05) is 65.6 Å². The van der Waals surface area contributed by atoms with Crippen molar-refractivity contribution in [2.24, 2.45) is 5.92 Å². The van der Waals surface area contributed by atoms with Crippen molar-refractivity contribution in [1.29, 1.82) is 0 Å². The number of nitrogens with zero attached hydrogens (tertiary/aromatic N) is 2. The molecule has 0 unspecified atom stereocenters. The van der Waals surface area contributed by atoms with Crippen LogP contribution in [0.4, 0.5) is 0 Å². The van der Waals surface area contributed by atoms with Crippen LogP contribution in [0.5, 0.6) is 11.5 Å². The van der Waals surface area contributed by atoms with E-state index in [0.717, 1.165) is 61.5 Å². The summed E-state index contributed by atoms with van der Waals surface area (Å²) in [6, 6.07) is 15.6. The largest absolute Gasteiger partial charge is 0.494 e. The van der Waals surface area contributed by atoms with Gasteiger partial charge in [-0.2, -0.15) is 0 Å². The summed E-state index contributed by atoms with van der Waals surface area (Å²) in [7, 11) is 0. The molecular formula is C32H40N2O4. The molecule has 2 aromatic rings. The van der Waals surface area contributed by atoms with Crippen molar-refractivity contribution in [2.45, 2.75) is 40.0 Å². The number of ketones is 1. The van der Waals surface area contributed by atoms with E-state index in [0.29, 0.717) is 37.4 Å². The molecule has 1 heterocycles. The molecule has 0 spiro atoms. The van der Waals surface area contributed by atoms with Gasteiger partial charge in [-0.05, 0) is 79.9 Å². The average Bonchev–Trinajstić information content (AvgIpc) is 3.78. The molecule has 2 aliphatic rings. The molecule has 6 nitrogen and oxygen atoms in total. The fourth-order valence-corrected chi connectivity index (χ4v) is 4.63. The van der Waals surface area contributed by atoms with E-state index in [-0.39, 0.29) is 17.6 Å². The Kier molecular flexibility index (Phi) is 9.77. The number of Topliss-reactive ketones (excluding diaryl/α,β-unsaturated/α-hetero) is 1. The lowest BCUT2D eigenvalue weighted by atomic mass is 9.94. The van der Waals surface area contributed by atoms with E-state index < -0.39 is 0 Å². The molecule has 2 aromatic carbocycles.